The van der Waals surface area contributed by atoms with E-state index in [1.165, 1.54) is 37.7 Å². The highest BCUT2D eigenvalue weighted by Crippen LogP contribution is 2.08. The van der Waals surface area contributed by atoms with Crippen LogP contribution in [0.3, 0.4) is 0 Å². The summed E-state index contributed by atoms with van der Waals surface area (Å²) in [6, 6.07) is 8.03. The molecule has 116 valence electrons. The molecule has 0 unspecified atom stereocenters. The van der Waals surface area contributed by atoms with E-state index < -0.39 is 0 Å². The summed E-state index contributed by atoms with van der Waals surface area (Å²) in [6.45, 7) is 4.27. The summed E-state index contributed by atoms with van der Waals surface area (Å²) in [5, 5.41) is 3.99. The number of hydrogen-bond donors (Lipinski definition) is 1. The van der Waals surface area contributed by atoms with Gasteiger partial charge in [0.25, 0.3) is 0 Å². The summed E-state index contributed by atoms with van der Waals surface area (Å²) >= 11 is 0. The van der Waals surface area contributed by atoms with Crippen LogP contribution in [0, 0.1) is 6.92 Å². The number of hydrogen-bond acceptors (Lipinski definition) is 2. The van der Waals surface area contributed by atoms with E-state index in [9.17, 15) is 4.79 Å². The lowest BCUT2D eigenvalue weighted by Gasteiger charge is -2.01. The summed E-state index contributed by atoms with van der Waals surface area (Å²) in [6.07, 6.45) is 10.8. The molecule has 0 saturated carbocycles. The summed E-state index contributed by atoms with van der Waals surface area (Å²) in [5.41, 5.74) is 4.80. The molecule has 1 amide bonds. The van der Waals surface area contributed by atoms with Crippen LogP contribution in [0.4, 0.5) is 0 Å². The van der Waals surface area contributed by atoms with Gasteiger partial charge >= 0.3 is 0 Å². The third-order valence-corrected chi connectivity index (χ3v) is 3.49. The Morgan fingerprint density at radius 1 is 1.05 bits per heavy atom. The number of nitrogens with one attached hydrogen (secondary N) is 1. The lowest BCUT2D eigenvalue weighted by molar-refractivity contribution is -0.121. The predicted molar refractivity (Wildman–Crippen MR) is 89.5 cm³/mol. The van der Waals surface area contributed by atoms with Gasteiger partial charge in [-0.2, -0.15) is 5.10 Å². The van der Waals surface area contributed by atoms with E-state index >= 15 is 0 Å². The lowest BCUT2D eigenvalue weighted by Crippen LogP contribution is -2.16. The van der Waals surface area contributed by atoms with Crippen molar-refractivity contribution in [1.82, 2.24) is 5.43 Å². The second kappa shape index (κ2) is 11.1. The molecule has 0 radical (unpaired) electrons. The summed E-state index contributed by atoms with van der Waals surface area (Å²) < 4.78 is 0. The molecule has 0 atom stereocenters. The van der Waals surface area contributed by atoms with Gasteiger partial charge in [0.1, 0.15) is 0 Å². The summed E-state index contributed by atoms with van der Waals surface area (Å²) in [7, 11) is 0. The Kier molecular flexibility index (Phi) is 9.18. The zero-order valence-corrected chi connectivity index (χ0v) is 13.4. The Balaban J connectivity index is 2.07. The number of nitrogens with zero attached hydrogens (tertiary/aromatic N) is 1. The highest BCUT2D eigenvalue weighted by molar-refractivity contribution is 5.82. The minimum atomic E-state index is 0.00641. The monoisotopic (exact) mass is 288 g/mol. The lowest BCUT2D eigenvalue weighted by atomic mass is 10.1. The Labute approximate surface area is 128 Å². The largest absolute Gasteiger partial charge is 0.273 e. The highest BCUT2D eigenvalue weighted by Gasteiger charge is 1.99. The van der Waals surface area contributed by atoms with Gasteiger partial charge < -0.3 is 0 Å². The van der Waals surface area contributed by atoms with Gasteiger partial charge in [-0.1, -0.05) is 75.3 Å². The number of hydrazone groups is 1. The molecule has 0 spiro atoms. The maximum absolute atomic E-state index is 11.6. The topological polar surface area (TPSA) is 41.5 Å². The smallest absolute Gasteiger partial charge is 0.240 e. The molecule has 0 bridgehead atoms. The minimum absolute atomic E-state index is 0.00641. The fourth-order valence-electron chi connectivity index (χ4n) is 2.13. The summed E-state index contributed by atoms with van der Waals surface area (Å²) in [5.74, 6) is 0.00641. The molecular weight excluding hydrogens is 260 g/mol. The van der Waals surface area contributed by atoms with E-state index in [-0.39, 0.29) is 5.91 Å². The van der Waals surface area contributed by atoms with Crippen molar-refractivity contribution in [2.45, 2.75) is 65.2 Å². The molecule has 0 aliphatic carbocycles. The Morgan fingerprint density at radius 2 is 1.67 bits per heavy atom. The van der Waals surface area contributed by atoms with Crippen molar-refractivity contribution < 1.29 is 4.79 Å². The van der Waals surface area contributed by atoms with Crippen LogP contribution in [0.5, 0.6) is 0 Å². The number of unbranched alkanes of at least 4 members (excludes halogenated alkanes) is 6. The first-order valence-electron chi connectivity index (χ1n) is 8.11. The fourth-order valence-corrected chi connectivity index (χ4v) is 2.13. The van der Waals surface area contributed by atoms with E-state index in [2.05, 4.69) is 17.5 Å². The molecule has 0 aromatic heterocycles. The van der Waals surface area contributed by atoms with Gasteiger partial charge in [0.15, 0.2) is 0 Å². The van der Waals surface area contributed by atoms with Crippen molar-refractivity contribution in [1.29, 1.82) is 0 Å². The van der Waals surface area contributed by atoms with Gasteiger partial charge in [0.05, 0.1) is 6.21 Å². The average molecular weight is 288 g/mol. The van der Waals surface area contributed by atoms with Crippen LogP contribution in [-0.4, -0.2) is 12.1 Å². The van der Waals surface area contributed by atoms with Gasteiger partial charge in [0, 0.05) is 6.42 Å². The SMILES string of the molecule is CCCCCCCCCC(=O)N/N=C/c1ccc(C)cc1. The van der Waals surface area contributed by atoms with Crippen molar-refractivity contribution in [2.24, 2.45) is 5.10 Å². The predicted octanol–water partition coefficient (Wildman–Crippen LogP) is 4.59. The minimum Gasteiger partial charge on any atom is -0.273 e. The molecule has 0 fully saturated rings. The third kappa shape index (κ3) is 9.01. The zero-order valence-electron chi connectivity index (χ0n) is 13.4. The molecule has 1 aromatic rings. The first-order valence-corrected chi connectivity index (χ1v) is 8.11. The number of benzene rings is 1. The Morgan fingerprint density at radius 3 is 2.33 bits per heavy atom. The molecule has 0 aliphatic rings. The number of rotatable bonds is 10. The number of aryl methyl sites for hydroxylation is 1. The van der Waals surface area contributed by atoms with Crippen molar-refractivity contribution in [3.05, 3.63) is 35.4 Å². The van der Waals surface area contributed by atoms with E-state index in [1.54, 1.807) is 6.21 Å². The van der Waals surface area contributed by atoms with Crippen LogP contribution in [0.1, 0.15) is 69.4 Å². The first-order chi connectivity index (χ1) is 10.2. The molecule has 1 rings (SSSR count). The molecule has 0 aliphatic heterocycles. The van der Waals surface area contributed by atoms with Crippen LogP contribution in [0.15, 0.2) is 29.4 Å². The van der Waals surface area contributed by atoms with Crippen molar-refractivity contribution in [3.8, 4) is 0 Å². The third-order valence-electron chi connectivity index (χ3n) is 3.49. The van der Waals surface area contributed by atoms with Crippen molar-refractivity contribution in [2.75, 3.05) is 0 Å². The van der Waals surface area contributed by atoms with Crippen LogP contribution >= 0.6 is 0 Å². The van der Waals surface area contributed by atoms with Crippen LogP contribution in [-0.2, 0) is 4.79 Å². The Hall–Kier alpha value is -1.64. The second-order valence-corrected chi connectivity index (χ2v) is 5.58. The first kappa shape index (κ1) is 17.4. The Bertz CT molecular complexity index is 423. The molecule has 3 nitrogen and oxygen atoms in total. The molecule has 1 N–H and O–H groups in total. The molecular formula is C18H28N2O. The van der Waals surface area contributed by atoms with E-state index in [0.717, 1.165) is 18.4 Å². The molecule has 21 heavy (non-hydrogen) atoms. The summed E-state index contributed by atoms with van der Waals surface area (Å²) in [4.78, 5) is 11.6. The molecule has 0 heterocycles. The van der Waals surface area contributed by atoms with Gasteiger partial charge in [-0.25, -0.2) is 5.43 Å². The van der Waals surface area contributed by atoms with E-state index in [0.29, 0.717) is 6.42 Å². The van der Waals surface area contributed by atoms with Gasteiger partial charge in [-0.3, -0.25) is 4.79 Å². The normalized spacial score (nSPS) is 11.0. The quantitative estimate of drug-likeness (QED) is 0.382. The van der Waals surface area contributed by atoms with E-state index in [1.807, 2.05) is 31.2 Å². The van der Waals surface area contributed by atoms with Crippen LogP contribution < -0.4 is 5.43 Å². The van der Waals surface area contributed by atoms with Crippen LogP contribution in [0.2, 0.25) is 0 Å². The van der Waals surface area contributed by atoms with Gasteiger partial charge in [-0.05, 0) is 18.9 Å². The fraction of sp³-hybridized carbons (Fsp3) is 0.556. The van der Waals surface area contributed by atoms with E-state index in [4.69, 9.17) is 0 Å². The van der Waals surface area contributed by atoms with Gasteiger partial charge in [0.2, 0.25) is 5.91 Å². The number of carbonyl (C=O) groups is 1. The number of carbonyl (C=O) groups excluding carboxylic acids is 1. The maximum atomic E-state index is 11.6. The standard InChI is InChI=1S/C18H28N2O/c1-3-4-5-6-7-8-9-10-18(21)20-19-15-17-13-11-16(2)12-14-17/h11-15H,3-10H2,1-2H3,(H,20,21)/b19-15+. The maximum Gasteiger partial charge on any atom is 0.240 e. The highest BCUT2D eigenvalue weighted by atomic mass is 16.2. The molecule has 3 heteroatoms. The number of amides is 1. The second-order valence-electron chi connectivity index (χ2n) is 5.58. The molecule has 1 aromatic carbocycles. The van der Waals surface area contributed by atoms with Crippen molar-refractivity contribution >= 4 is 12.1 Å². The molecule has 0 saturated heterocycles. The van der Waals surface area contributed by atoms with Gasteiger partial charge in [-0.15, -0.1) is 0 Å². The average Bonchev–Trinajstić information content (AvgIpc) is 2.48. The van der Waals surface area contributed by atoms with Crippen LogP contribution in [0.25, 0.3) is 0 Å². The zero-order chi connectivity index (χ0) is 15.3. The van der Waals surface area contributed by atoms with Crippen molar-refractivity contribution in [3.63, 3.8) is 0 Å².